The highest BCUT2D eigenvalue weighted by Crippen LogP contribution is 2.32. The SMILES string of the molecule is Cc1cc2nc(N(CCCN(C)C)C(=O)c3ccc(N(C)C)cc3)sc2cc1C. The first-order valence-electron chi connectivity index (χ1n) is 9.88. The largest absolute Gasteiger partial charge is 0.378 e. The van der Waals surface area contributed by atoms with Crippen molar-refractivity contribution in [2.75, 3.05) is 51.1 Å². The average molecular weight is 411 g/mol. The average Bonchev–Trinajstić information content (AvgIpc) is 3.07. The Kier molecular flexibility index (Phi) is 6.55. The molecule has 0 fully saturated rings. The Morgan fingerprint density at radius 2 is 1.62 bits per heavy atom. The second kappa shape index (κ2) is 8.93. The van der Waals surface area contributed by atoms with Crippen molar-refractivity contribution in [1.82, 2.24) is 9.88 Å². The fourth-order valence-electron chi connectivity index (χ4n) is 3.17. The van der Waals surface area contributed by atoms with Crippen LogP contribution in [0.1, 0.15) is 27.9 Å². The zero-order valence-corrected chi connectivity index (χ0v) is 19.0. The predicted octanol–water partition coefficient (Wildman–Crippen LogP) is 4.58. The van der Waals surface area contributed by atoms with E-state index in [1.165, 1.54) is 11.1 Å². The lowest BCUT2D eigenvalue weighted by molar-refractivity contribution is 0.0986. The lowest BCUT2D eigenvalue weighted by Gasteiger charge is -2.21. The van der Waals surface area contributed by atoms with Gasteiger partial charge in [-0.2, -0.15) is 0 Å². The summed E-state index contributed by atoms with van der Waals surface area (Å²) in [7, 11) is 8.09. The summed E-state index contributed by atoms with van der Waals surface area (Å²) >= 11 is 1.59. The number of thiazole rings is 1. The first kappa shape index (κ1) is 21.3. The summed E-state index contributed by atoms with van der Waals surface area (Å²) in [6, 6.07) is 12.0. The van der Waals surface area contributed by atoms with Gasteiger partial charge in [-0.25, -0.2) is 4.98 Å². The number of rotatable bonds is 7. The van der Waals surface area contributed by atoms with Gasteiger partial charge in [-0.15, -0.1) is 0 Å². The zero-order valence-electron chi connectivity index (χ0n) is 18.2. The molecule has 0 saturated carbocycles. The number of hydrogen-bond acceptors (Lipinski definition) is 5. The van der Waals surface area contributed by atoms with E-state index in [0.717, 1.165) is 34.0 Å². The van der Waals surface area contributed by atoms with Crippen LogP contribution >= 0.6 is 11.3 Å². The molecule has 0 atom stereocenters. The Balaban J connectivity index is 1.94. The number of nitrogens with zero attached hydrogens (tertiary/aromatic N) is 4. The number of carbonyl (C=O) groups excluding carboxylic acids is 1. The molecular formula is C23H30N4OS. The molecule has 1 aromatic heterocycles. The summed E-state index contributed by atoms with van der Waals surface area (Å²) < 4.78 is 1.12. The molecule has 0 unspecified atom stereocenters. The van der Waals surface area contributed by atoms with Gasteiger partial charge in [0.1, 0.15) is 0 Å². The van der Waals surface area contributed by atoms with Crippen molar-refractivity contribution in [2.24, 2.45) is 0 Å². The number of amides is 1. The van der Waals surface area contributed by atoms with Crippen LogP contribution in [0.4, 0.5) is 10.8 Å². The van der Waals surface area contributed by atoms with Gasteiger partial charge in [0.15, 0.2) is 5.13 Å². The normalized spacial score (nSPS) is 11.3. The van der Waals surface area contributed by atoms with Crippen LogP contribution in [-0.2, 0) is 0 Å². The van der Waals surface area contributed by atoms with Crippen molar-refractivity contribution < 1.29 is 4.79 Å². The maximum Gasteiger partial charge on any atom is 0.260 e. The molecule has 0 spiro atoms. The highest BCUT2D eigenvalue weighted by Gasteiger charge is 2.21. The number of fused-ring (bicyclic) bond motifs is 1. The van der Waals surface area contributed by atoms with E-state index in [1.54, 1.807) is 11.3 Å². The Morgan fingerprint density at radius 1 is 0.966 bits per heavy atom. The molecule has 0 radical (unpaired) electrons. The third-order valence-electron chi connectivity index (χ3n) is 5.09. The van der Waals surface area contributed by atoms with Gasteiger partial charge in [0, 0.05) is 31.9 Å². The molecule has 29 heavy (non-hydrogen) atoms. The Morgan fingerprint density at radius 3 is 2.24 bits per heavy atom. The van der Waals surface area contributed by atoms with Crippen LogP contribution in [0.3, 0.4) is 0 Å². The van der Waals surface area contributed by atoms with Crippen molar-refractivity contribution in [3.05, 3.63) is 53.1 Å². The second-order valence-electron chi connectivity index (χ2n) is 7.96. The first-order valence-corrected chi connectivity index (χ1v) is 10.7. The van der Waals surface area contributed by atoms with Crippen LogP contribution in [0.25, 0.3) is 10.2 Å². The van der Waals surface area contributed by atoms with E-state index in [4.69, 9.17) is 4.98 Å². The molecule has 0 N–H and O–H groups in total. The molecule has 1 amide bonds. The lowest BCUT2D eigenvalue weighted by Crippen LogP contribution is -2.33. The van der Waals surface area contributed by atoms with E-state index in [2.05, 4.69) is 45.0 Å². The van der Waals surface area contributed by atoms with Gasteiger partial charge in [0.2, 0.25) is 0 Å². The smallest absolute Gasteiger partial charge is 0.260 e. The Labute approximate surface area is 177 Å². The summed E-state index contributed by atoms with van der Waals surface area (Å²) in [6.07, 6.45) is 0.891. The number of aryl methyl sites for hydroxylation is 2. The molecular weight excluding hydrogens is 380 g/mol. The van der Waals surface area contributed by atoms with Gasteiger partial charge in [-0.1, -0.05) is 11.3 Å². The third kappa shape index (κ3) is 4.95. The molecule has 0 aliphatic heterocycles. The van der Waals surface area contributed by atoms with E-state index in [0.29, 0.717) is 12.1 Å². The highest BCUT2D eigenvalue weighted by molar-refractivity contribution is 7.22. The van der Waals surface area contributed by atoms with Crippen LogP contribution < -0.4 is 9.80 Å². The summed E-state index contributed by atoms with van der Waals surface area (Å²) in [4.78, 5) is 24.2. The maximum absolute atomic E-state index is 13.4. The van der Waals surface area contributed by atoms with E-state index < -0.39 is 0 Å². The van der Waals surface area contributed by atoms with Gasteiger partial charge in [-0.05, 0) is 88.4 Å². The molecule has 3 aromatic rings. The van der Waals surface area contributed by atoms with Crippen molar-refractivity contribution in [3.63, 3.8) is 0 Å². The van der Waals surface area contributed by atoms with Gasteiger partial charge < -0.3 is 9.80 Å². The Hall–Kier alpha value is -2.44. The molecule has 3 rings (SSSR count). The fraction of sp³-hybridized carbons (Fsp3) is 0.391. The standard InChI is InChI=1S/C23H30N4OS/c1-16-14-20-21(15-17(16)2)29-23(24-20)27(13-7-12-25(3)4)22(28)18-8-10-19(11-9-18)26(5)6/h8-11,14-15H,7,12-13H2,1-6H3. The molecule has 154 valence electrons. The summed E-state index contributed by atoms with van der Waals surface area (Å²) in [5.74, 6) is 0.00145. The highest BCUT2D eigenvalue weighted by atomic mass is 32.1. The van der Waals surface area contributed by atoms with Gasteiger partial charge in [0.25, 0.3) is 5.91 Å². The third-order valence-corrected chi connectivity index (χ3v) is 6.13. The van der Waals surface area contributed by atoms with Crippen LogP contribution in [0.15, 0.2) is 36.4 Å². The van der Waals surface area contributed by atoms with Crippen LogP contribution in [0.5, 0.6) is 0 Å². The summed E-state index contributed by atoms with van der Waals surface area (Å²) in [6.45, 7) is 5.78. The van der Waals surface area contributed by atoms with Crippen LogP contribution in [-0.4, -0.2) is 57.1 Å². The number of carbonyl (C=O) groups is 1. The van der Waals surface area contributed by atoms with Crippen molar-refractivity contribution in [3.8, 4) is 0 Å². The topological polar surface area (TPSA) is 39.7 Å². The lowest BCUT2D eigenvalue weighted by atomic mass is 10.1. The molecule has 2 aromatic carbocycles. The monoisotopic (exact) mass is 410 g/mol. The van der Waals surface area contributed by atoms with E-state index in [9.17, 15) is 4.79 Å². The molecule has 0 aliphatic rings. The minimum absolute atomic E-state index is 0.00145. The van der Waals surface area contributed by atoms with E-state index >= 15 is 0 Å². The Bertz CT molecular complexity index is 953. The maximum atomic E-state index is 13.4. The summed E-state index contributed by atoms with van der Waals surface area (Å²) in [5.41, 5.74) is 5.19. The molecule has 0 saturated heterocycles. The summed E-state index contributed by atoms with van der Waals surface area (Å²) in [5, 5.41) is 0.769. The first-order chi connectivity index (χ1) is 13.8. The van der Waals surface area contributed by atoms with Crippen LogP contribution in [0, 0.1) is 13.8 Å². The van der Waals surface area contributed by atoms with E-state index in [-0.39, 0.29) is 5.91 Å². The van der Waals surface area contributed by atoms with Crippen molar-refractivity contribution in [2.45, 2.75) is 20.3 Å². The van der Waals surface area contributed by atoms with Gasteiger partial charge >= 0.3 is 0 Å². The number of hydrogen-bond donors (Lipinski definition) is 0. The number of aromatic nitrogens is 1. The minimum Gasteiger partial charge on any atom is -0.378 e. The zero-order chi connectivity index (χ0) is 21.1. The second-order valence-corrected chi connectivity index (χ2v) is 8.96. The van der Waals surface area contributed by atoms with Gasteiger partial charge in [0.05, 0.1) is 10.2 Å². The molecule has 1 heterocycles. The van der Waals surface area contributed by atoms with Crippen LogP contribution in [0.2, 0.25) is 0 Å². The predicted molar refractivity (Wildman–Crippen MR) is 125 cm³/mol. The van der Waals surface area contributed by atoms with Gasteiger partial charge in [-0.3, -0.25) is 9.69 Å². The molecule has 5 nitrogen and oxygen atoms in total. The number of benzene rings is 2. The molecule has 0 aliphatic carbocycles. The quantitative estimate of drug-likeness (QED) is 0.572. The molecule has 0 bridgehead atoms. The number of anilines is 2. The fourth-order valence-corrected chi connectivity index (χ4v) is 4.24. The minimum atomic E-state index is 0.00145. The van der Waals surface area contributed by atoms with E-state index in [1.807, 2.05) is 48.2 Å². The van der Waals surface area contributed by atoms with Crippen molar-refractivity contribution in [1.29, 1.82) is 0 Å². The molecule has 6 heteroatoms. The van der Waals surface area contributed by atoms with Crippen molar-refractivity contribution >= 4 is 38.3 Å².